The fourth-order valence-electron chi connectivity index (χ4n) is 5.29. The lowest BCUT2D eigenvalue weighted by Gasteiger charge is -2.27. The topological polar surface area (TPSA) is 97.1 Å². The minimum absolute atomic E-state index is 0.00542. The first-order valence-corrected chi connectivity index (χ1v) is 14.0. The number of rotatable bonds is 6. The number of aromatic nitrogens is 5. The Bertz CT molecular complexity index is 1390. The van der Waals surface area contributed by atoms with Crippen molar-refractivity contribution < 1.29 is 9.59 Å². The Kier molecular flexibility index (Phi) is 8.90. The van der Waals surface area contributed by atoms with Gasteiger partial charge in [0.1, 0.15) is 5.82 Å². The summed E-state index contributed by atoms with van der Waals surface area (Å²) in [6.45, 7) is 4.91. The Hall–Kier alpha value is -4.40. The van der Waals surface area contributed by atoms with Gasteiger partial charge in [-0.3, -0.25) is 19.6 Å². The maximum absolute atomic E-state index is 13.9. The van der Waals surface area contributed by atoms with Gasteiger partial charge < -0.3 is 14.4 Å². The first-order chi connectivity index (χ1) is 19.6. The van der Waals surface area contributed by atoms with Gasteiger partial charge in [-0.25, -0.2) is 0 Å². The van der Waals surface area contributed by atoms with Gasteiger partial charge in [-0.1, -0.05) is 18.2 Å². The summed E-state index contributed by atoms with van der Waals surface area (Å²) in [4.78, 5) is 39.5. The summed E-state index contributed by atoms with van der Waals surface area (Å²) in [5.41, 5.74) is 2.60. The molecule has 5 rings (SSSR count). The maximum atomic E-state index is 13.9. The molecule has 0 saturated carbocycles. The molecule has 1 unspecified atom stereocenters. The number of nitrogens with zero attached hydrogens (tertiary/aromatic N) is 7. The van der Waals surface area contributed by atoms with E-state index in [1.54, 1.807) is 24.8 Å². The molecule has 0 bridgehead atoms. The van der Waals surface area contributed by atoms with Crippen LogP contribution in [0.4, 0.5) is 0 Å². The molecule has 1 aliphatic heterocycles. The Balaban J connectivity index is 1.43. The van der Waals surface area contributed by atoms with E-state index in [2.05, 4.69) is 24.7 Å². The molecule has 206 valence electrons. The van der Waals surface area contributed by atoms with Crippen LogP contribution in [0, 0.1) is 5.92 Å². The quantitative estimate of drug-likeness (QED) is 0.364. The Morgan fingerprint density at radius 3 is 2.48 bits per heavy atom. The van der Waals surface area contributed by atoms with Gasteiger partial charge in [-0.15, -0.1) is 10.2 Å². The van der Waals surface area contributed by atoms with E-state index in [4.69, 9.17) is 0 Å². The van der Waals surface area contributed by atoms with Crippen LogP contribution in [0.2, 0.25) is 0 Å². The predicted octanol–water partition coefficient (Wildman–Crippen LogP) is 4.27. The Morgan fingerprint density at radius 1 is 0.900 bits per heavy atom. The second-order valence-corrected chi connectivity index (χ2v) is 10.1. The van der Waals surface area contributed by atoms with Crippen LogP contribution in [-0.2, 0) is 24.3 Å². The molecule has 2 amide bonds. The highest BCUT2D eigenvalue weighted by molar-refractivity contribution is 5.94. The SMILES string of the molecule is CCN(Cc1ccncc1)C(=O)C1CCCN(C(=O)c2ccccc2)CCc2nnc(-c3cccnc3)n2CC1. The molecule has 0 saturated heterocycles. The molecule has 40 heavy (non-hydrogen) atoms. The molecule has 0 fully saturated rings. The zero-order chi connectivity index (χ0) is 27.7. The molecule has 9 nitrogen and oxygen atoms in total. The number of pyridine rings is 2. The molecule has 4 aromatic rings. The number of fused-ring (bicyclic) bond motifs is 1. The second kappa shape index (κ2) is 13.1. The standard InChI is InChI=1S/C31H35N7O2/c1-2-36(23-24-12-17-32-18-13-24)30(39)26-11-7-19-37(31(40)25-8-4-3-5-9-25)20-15-28-34-35-29(38(28)21-14-26)27-10-6-16-33-22-27/h3-6,8-10,12-13,16-18,22,26H,2,7,11,14-15,19-21,23H2,1H3. The van der Waals surface area contributed by atoms with Gasteiger partial charge in [0.15, 0.2) is 5.82 Å². The molecule has 0 aliphatic carbocycles. The monoisotopic (exact) mass is 537 g/mol. The van der Waals surface area contributed by atoms with Crippen LogP contribution in [-0.4, -0.2) is 66.0 Å². The van der Waals surface area contributed by atoms with Gasteiger partial charge in [-0.2, -0.15) is 0 Å². The minimum Gasteiger partial charge on any atom is -0.338 e. The van der Waals surface area contributed by atoms with E-state index in [0.717, 1.165) is 29.2 Å². The number of hydrogen-bond donors (Lipinski definition) is 0. The minimum atomic E-state index is -0.189. The lowest BCUT2D eigenvalue weighted by Crippen LogP contribution is -2.37. The van der Waals surface area contributed by atoms with Crippen molar-refractivity contribution in [3.63, 3.8) is 0 Å². The summed E-state index contributed by atoms with van der Waals surface area (Å²) in [6, 6.07) is 17.1. The summed E-state index contributed by atoms with van der Waals surface area (Å²) in [6.07, 6.45) is 9.71. The third kappa shape index (κ3) is 6.42. The van der Waals surface area contributed by atoms with Crippen LogP contribution >= 0.6 is 0 Å². The number of benzene rings is 1. The van der Waals surface area contributed by atoms with E-state index in [0.29, 0.717) is 57.5 Å². The van der Waals surface area contributed by atoms with E-state index >= 15 is 0 Å². The zero-order valence-electron chi connectivity index (χ0n) is 22.9. The molecule has 0 spiro atoms. The molecule has 1 aliphatic rings. The normalized spacial score (nSPS) is 16.0. The van der Waals surface area contributed by atoms with E-state index in [-0.39, 0.29) is 17.7 Å². The van der Waals surface area contributed by atoms with Crippen LogP contribution in [0.3, 0.4) is 0 Å². The van der Waals surface area contributed by atoms with Crippen molar-refractivity contribution in [2.24, 2.45) is 5.92 Å². The Morgan fingerprint density at radius 2 is 1.73 bits per heavy atom. The fourth-order valence-corrected chi connectivity index (χ4v) is 5.29. The molecule has 0 N–H and O–H groups in total. The highest BCUT2D eigenvalue weighted by Crippen LogP contribution is 2.24. The second-order valence-electron chi connectivity index (χ2n) is 10.1. The van der Waals surface area contributed by atoms with E-state index in [1.165, 1.54) is 0 Å². The van der Waals surface area contributed by atoms with E-state index < -0.39 is 0 Å². The first-order valence-electron chi connectivity index (χ1n) is 14.0. The molecule has 4 heterocycles. The van der Waals surface area contributed by atoms with Crippen molar-refractivity contribution in [3.8, 4) is 11.4 Å². The van der Waals surface area contributed by atoms with Gasteiger partial charge >= 0.3 is 0 Å². The van der Waals surface area contributed by atoms with Gasteiger partial charge in [0, 0.05) is 81.0 Å². The largest absolute Gasteiger partial charge is 0.338 e. The van der Waals surface area contributed by atoms with Gasteiger partial charge in [0.2, 0.25) is 5.91 Å². The first kappa shape index (κ1) is 27.2. The average Bonchev–Trinajstić information content (AvgIpc) is 3.40. The van der Waals surface area contributed by atoms with Crippen molar-refractivity contribution in [3.05, 3.63) is 96.3 Å². The van der Waals surface area contributed by atoms with Crippen LogP contribution in [0.15, 0.2) is 79.4 Å². The van der Waals surface area contributed by atoms with Crippen molar-refractivity contribution in [1.29, 1.82) is 0 Å². The third-order valence-electron chi connectivity index (χ3n) is 7.51. The molecule has 3 aromatic heterocycles. The van der Waals surface area contributed by atoms with Crippen molar-refractivity contribution in [1.82, 2.24) is 34.5 Å². The van der Waals surface area contributed by atoms with Crippen LogP contribution in [0.5, 0.6) is 0 Å². The highest BCUT2D eigenvalue weighted by atomic mass is 16.2. The van der Waals surface area contributed by atoms with Crippen LogP contribution in [0.25, 0.3) is 11.4 Å². The van der Waals surface area contributed by atoms with Gasteiger partial charge in [0.25, 0.3) is 5.91 Å². The van der Waals surface area contributed by atoms with Crippen LogP contribution in [0.1, 0.15) is 47.9 Å². The smallest absolute Gasteiger partial charge is 0.253 e. The zero-order valence-corrected chi connectivity index (χ0v) is 22.9. The number of hydrogen-bond acceptors (Lipinski definition) is 6. The average molecular weight is 538 g/mol. The number of carbonyl (C=O) groups is 2. The van der Waals surface area contributed by atoms with Crippen LogP contribution < -0.4 is 0 Å². The summed E-state index contributed by atoms with van der Waals surface area (Å²) >= 11 is 0. The lowest BCUT2D eigenvalue weighted by atomic mass is 9.96. The summed E-state index contributed by atoms with van der Waals surface area (Å²) in [7, 11) is 0. The molecule has 0 radical (unpaired) electrons. The van der Waals surface area contributed by atoms with Crippen molar-refractivity contribution in [2.75, 3.05) is 19.6 Å². The fraction of sp³-hybridized carbons (Fsp3) is 0.355. The third-order valence-corrected chi connectivity index (χ3v) is 7.51. The van der Waals surface area contributed by atoms with Gasteiger partial charge in [-0.05, 0) is 68.1 Å². The number of carbonyl (C=O) groups excluding carboxylic acids is 2. The predicted molar refractivity (Wildman–Crippen MR) is 152 cm³/mol. The van der Waals surface area contributed by atoms with Crippen molar-refractivity contribution >= 4 is 11.8 Å². The molecule has 1 atom stereocenters. The molecular weight excluding hydrogens is 502 g/mol. The van der Waals surface area contributed by atoms with E-state index in [1.807, 2.05) is 71.3 Å². The summed E-state index contributed by atoms with van der Waals surface area (Å²) in [5.74, 6) is 1.48. The molecule has 9 heteroatoms. The summed E-state index contributed by atoms with van der Waals surface area (Å²) < 4.78 is 2.10. The maximum Gasteiger partial charge on any atom is 0.253 e. The summed E-state index contributed by atoms with van der Waals surface area (Å²) in [5, 5.41) is 9.04. The number of amides is 2. The van der Waals surface area contributed by atoms with Gasteiger partial charge in [0.05, 0.1) is 0 Å². The Labute approximate surface area is 234 Å². The highest BCUT2D eigenvalue weighted by Gasteiger charge is 2.27. The molecular formula is C31H35N7O2. The lowest BCUT2D eigenvalue weighted by molar-refractivity contribution is -0.136. The van der Waals surface area contributed by atoms with Crippen molar-refractivity contribution in [2.45, 2.75) is 45.7 Å². The van der Waals surface area contributed by atoms with E-state index in [9.17, 15) is 9.59 Å². The molecule has 1 aromatic carbocycles.